The standard InChI is InChI=1S/C16H18N2/c1-3-5-11-15(4-2)18-13-12-16(17)14-9-7-6-8-10-14/h3-13H,1,17H2,2H3/b11-5-,15-4+,16-12-,18-13+. The Morgan fingerprint density at radius 1 is 1.28 bits per heavy atom. The first-order valence-electron chi connectivity index (χ1n) is 5.78. The van der Waals surface area contributed by atoms with Crippen LogP contribution in [0, 0.1) is 0 Å². The number of benzene rings is 1. The van der Waals surface area contributed by atoms with Gasteiger partial charge in [-0.25, -0.2) is 0 Å². The summed E-state index contributed by atoms with van der Waals surface area (Å²) in [6.07, 6.45) is 10.9. The molecule has 0 bridgehead atoms. The highest BCUT2D eigenvalue weighted by Crippen LogP contribution is 2.07. The number of allylic oxidation sites excluding steroid dienone is 5. The van der Waals surface area contributed by atoms with Crippen molar-refractivity contribution in [1.82, 2.24) is 0 Å². The van der Waals surface area contributed by atoms with E-state index in [9.17, 15) is 0 Å². The van der Waals surface area contributed by atoms with Gasteiger partial charge in [-0.05, 0) is 24.6 Å². The normalized spacial score (nSPS) is 13.4. The monoisotopic (exact) mass is 238 g/mol. The molecule has 0 atom stereocenters. The molecular formula is C16H18N2. The van der Waals surface area contributed by atoms with Crippen molar-refractivity contribution < 1.29 is 0 Å². The van der Waals surface area contributed by atoms with E-state index < -0.39 is 0 Å². The third-order valence-electron chi connectivity index (χ3n) is 2.28. The second kappa shape index (κ2) is 7.85. The van der Waals surface area contributed by atoms with Gasteiger partial charge in [0.15, 0.2) is 0 Å². The van der Waals surface area contributed by atoms with Crippen LogP contribution in [-0.4, -0.2) is 6.21 Å². The van der Waals surface area contributed by atoms with E-state index in [4.69, 9.17) is 5.73 Å². The van der Waals surface area contributed by atoms with E-state index in [0.717, 1.165) is 11.3 Å². The predicted molar refractivity (Wildman–Crippen MR) is 80.2 cm³/mol. The summed E-state index contributed by atoms with van der Waals surface area (Å²) in [4.78, 5) is 4.29. The van der Waals surface area contributed by atoms with Gasteiger partial charge in [0, 0.05) is 11.9 Å². The van der Waals surface area contributed by atoms with Crippen LogP contribution < -0.4 is 5.73 Å². The lowest BCUT2D eigenvalue weighted by atomic mass is 10.1. The summed E-state index contributed by atoms with van der Waals surface area (Å²) in [5, 5.41) is 0. The Bertz CT molecular complexity index is 491. The van der Waals surface area contributed by atoms with E-state index in [1.165, 1.54) is 0 Å². The van der Waals surface area contributed by atoms with Gasteiger partial charge in [0.05, 0.1) is 5.70 Å². The Kier molecular flexibility index (Phi) is 5.98. The highest BCUT2D eigenvalue weighted by Gasteiger charge is 1.91. The molecule has 2 N–H and O–H groups in total. The molecule has 18 heavy (non-hydrogen) atoms. The molecule has 0 saturated heterocycles. The van der Waals surface area contributed by atoms with Gasteiger partial charge in [-0.3, -0.25) is 4.99 Å². The molecule has 0 aliphatic heterocycles. The zero-order valence-corrected chi connectivity index (χ0v) is 10.6. The summed E-state index contributed by atoms with van der Waals surface area (Å²) in [5.74, 6) is 0. The maximum Gasteiger partial charge on any atom is 0.0586 e. The minimum absolute atomic E-state index is 0.697. The lowest BCUT2D eigenvalue weighted by Gasteiger charge is -1.98. The molecule has 0 amide bonds. The second-order valence-electron chi connectivity index (χ2n) is 3.57. The first kappa shape index (κ1) is 13.7. The van der Waals surface area contributed by atoms with Crippen molar-refractivity contribution in [3.63, 3.8) is 0 Å². The van der Waals surface area contributed by atoms with Crippen LogP contribution in [0.3, 0.4) is 0 Å². The van der Waals surface area contributed by atoms with Crippen LogP contribution >= 0.6 is 0 Å². The van der Waals surface area contributed by atoms with Crippen LogP contribution in [0.1, 0.15) is 12.5 Å². The van der Waals surface area contributed by atoms with Gasteiger partial charge in [0.2, 0.25) is 0 Å². The Morgan fingerprint density at radius 3 is 2.61 bits per heavy atom. The summed E-state index contributed by atoms with van der Waals surface area (Å²) >= 11 is 0. The van der Waals surface area contributed by atoms with Gasteiger partial charge >= 0.3 is 0 Å². The number of nitrogens with two attached hydrogens (primary N) is 1. The van der Waals surface area contributed by atoms with Crippen LogP contribution in [0.2, 0.25) is 0 Å². The molecule has 0 radical (unpaired) electrons. The topological polar surface area (TPSA) is 38.4 Å². The minimum Gasteiger partial charge on any atom is -0.398 e. The molecule has 2 nitrogen and oxygen atoms in total. The molecule has 1 aromatic carbocycles. The molecule has 0 saturated carbocycles. The lowest BCUT2D eigenvalue weighted by molar-refractivity contribution is 1.39. The van der Waals surface area contributed by atoms with E-state index in [1.807, 2.05) is 55.5 Å². The number of rotatable bonds is 5. The quantitative estimate of drug-likeness (QED) is 0.616. The third kappa shape index (κ3) is 4.66. The zero-order chi connectivity index (χ0) is 13.2. The Balaban J connectivity index is 2.74. The van der Waals surface area contributed by atoms with Crippen molar-refractivity contribution in [2.24, 2.45) is 10.7 Å². The summed E-state index contributed by atoms with van der Waals surface area (Å²) in [5.41, 5.74) is 8.50. The van der Waals surface area contributed by atoms with E-state index in [2.05, 4.69) is 11.6 Å². The average Bonchev–Trinajstić information content (AvgIpc) is 2.43. The molecule has 0 spiro atoms. The largest absolute Gasteiger partial charge is 0.398 e. The Labute approximate surface area is 109 Å². The van der Waals surface area contributed by atoms with E-state index in [-0.39, 0.29) is 0 Å². The highest BCUT2D eigenvalue weighted by molar-refractivity contribution is 5.84. The second-order valence-corrected chi connectivity index (χ2v) is 3.57. The molecule has 0 heterocycles. The maximum absolute atomic E-state index is 5.94. The highest BCUT2D eigenvalue weighted by atomic mass is 14.7. The van der Waals surface area contributed by atoms with Crippen molar-refractivity contribution in [2.45, 2.75) is 6.92 Å². The first-order valence-corrected chi connectivity index (χ1v) is 5.78. The van der Waals surface area contributed by atoms with Gasteiger partial charge in [-0.15, -0.1) is 0 Å². The van der Waals surface area contributed by atoms with E-state index in [1.54, 1.807) is 18.4 Å². The molecule has 0 aliphatic carbocycles. The number of aliphatic imine (C=N–C) groups is 1. The summed E-state index contributed by atoms with van der Waals surface area (Å²) in [7, 11) is 0. The van der Waals surface area contributed by atoms with Crippen molar-refractivity contribution in [3.05, 3.63) is 78.6 Å². The minimum atomic E-state index is 0.697. The predicted octanol–water partition coefficient (Wildman–Crippen LogP) is 3.70. The summed E-state index contributed by atoms with van der Waals surface area (Å²) < 4.78 is 0. The SMILES string of the molecule is C=C\C=C/C(=C\C)/N=C/C=C(\N)c1ccccc1. The smallest absolute Gasteiger partial charge is 0.0586 e. The molecule has 1 rings (SSSR count). The third-order valence-corrected chi connectivity index (χ3v) is 2.28. The molecule has 1 aromatic rings. The van der Waals surface area contributed by atoms with Crippen LogP contribution in [0.25, 0.3) is 5.70 Å². The number of hydrogen-bond donors (Lipinski definition) is 1. The molecule has 92 valence electrons. The fourth-order valence-corrected chi connectivity index (χ4v) is 1.31. The van der Waals surface area contributed by atoms with Crippen molar-refractivity contribution in [3.8, 4) is 0 Å². The fourth-order valence-electron chi connectivity index (χ4n) is 1.31. The van der Waals surface area contributed by atoms with Crippen molar-refractivity contribution in [2.75, 3.05) is 0 Å². The van der Waals surface area contributed by atoms with E-state index in [0.29, 0.717) is 5.70 Å². The molecule has 0 unspecified atom stereocenters. The first-order chi connectivity index (χ1) is 8.77. The maximum atomic E-state index is 5.94. The van der Waals surface area contributed by atoms with Crippen molar-refractivity contribution in [1.29, 1.82) is 0 Å². The Hall–Kier alpha value is -2.35. The van der Waals surface area contributed by atoms with Gasteiger partial charge in [0.1, 0.15) is 0 Å². The fraction of sp³-hybridized carbons (Fsp3) is 0.0625. The Morgan fingerprint density at radius 2 is 2.00 bits per heavy atom. The van der Waals surface area contributed by atoms with Crippen LogP contribution in [0.4, 0.5) is 0 Å². The summed E-state index contributed by atoms with van der Waals surface area (Å²) in [6.45, 7) is 5.55. The van der Waals surface area contributed by atoms with Crippen LogP contribution in [-0.2, 0) is 0 Å². The van der Waals surface area contributed by atoms with E-state index >= 15 is 0 Å². The molecule has 0 aliphatic rings. The van der Waals surface area contributed by atoms with Gasteiger partial charge in [-0.1, -0.05) is 55.1 Å². The number of nitrogens with zero attached hydrogens (tertiary/aromatic N) is 1. The van der Waals surface area contributed by atoms with Gasteiger partial charge < -0.3 is 5.73 Å². The van der Waals surface area contributed by atoms with Crippen LogP contribution in [0.15, 0.2) is 78.0 Å². The van der Waals surface area contributed by atoms with Gasteiger partial charge in [-0.2, -0.15) is 0 Å². The molecular weight excluding hydrogens is 220 g/mol. The zero-order valence-electron chi connectivity index (χ0n) is 10.6. The molecule has 0 aromatic heterocycles. The molecule has 0 fully saturated rings. The average molecular weight is 238 g/mol. The summed E-state index contributed by atoms with van der Waals surface area (Å²) in [6, 6.07) is 9.80. The van der Waals surface area contributed by atoms with Crippen molar-refractivity contribution >= 4 is 11.9 Å². The van der Waals surface area contributed by atoms with Crippen LogP contribution in [0.5, 0.6) is 0 Å². The van der Waals surface area contributed by atoms with Gasteiger partial charge in [0.25, 0.3) is 0 Å². The lowest BCUT2D eigenvalue weighted by Crippen LogP contribution is -1.95. The molecule has 2 heteroatoms. The number of hydrogen-bond acceptors (Lipinski definition) is 2.